The molecule has 0 N–H and O–H groups in total. The summed E-state index contributed by atoms with van der Waals surface area (Å²) in [5.74, 6) is 0.535. The molecule has 0 aliphatic rings. The van der Waals surface area contributed by atoms with Gasteiger partial charge in [0.2, 0.25) is 0 Å². The molecule has 0 atom stereocenters. The molecule has 0 radical (unpaired) electrons. The highest BCUT2D eigenvalue weighted by atomic mass is 35.5. The van der Waals surface area contributed by atoms with Crippen LogP contribution in [-0.2, 0) is 6.54 Å². The topological polar surface area (TPSA) is 55.3 Å². The maximum atomic E-state index is 13.6. The van der Waals surface area contributed by atoms with E-state index in [4.69, 9.17) is 16.3 Å². The first-order chi connectivity index (χ1) is 15.2. The van der Waals surface area contributed by atoms with Crippen LogP contribution in [0.4, 0.5) is 5.13 Å². The molecule has 5 nitrogen and oxygen atoms in total. The molecule has 31 heavy (non-hydrogen) atoms. The Morgan fingerprint density at radius 3 is 2.81 bits per heavy atom. The number of amides is 1. The van der Waals surface area contributed by atoms with E-state index in [0.29, 0.717) is 40.1 Å². The summed E-state index contributed by atoms with van der Waals surface area (Å²) in [6.45, 7) is 3.10. The first-order valence-corrected chi connectivity index (χ1v) is 11.3. The van der Waals surface area contributed by atoms with E-state index >= 15 is 0 Å². The summed E-state index contributed by atoms with van der Waals surface area (Å²) >= 11 is 7.77. The minimum Gasteiger partial charge on any atom is -0.494 e. The zero-order chi connectivity index (χ0) is 21.6. The monoisotopic (exact) mass is 451 g/mol. The number of anilines is 1. The molecule has 2 heterocycles. The van der Waals surface area contributed by atoms with Crippen molar-refractivity contribution in [3.63, 3.8) is 0 Å². The second-order valence-corrected chi connectivity index (χ2v) is 8.48. The SMILES string of the molecule is CCCCOc1cccc(C(=O)N(Cc2cccnc2)c2nc3c(Cl)cccc3s2)c1. The van der Waals surface area contributed by atoms with E-state index in [1.807, 2.05) is 36.4 Å². The van der Waals surface area contributed by atoms with Gasteiger partial charge in [-0.25, -0.2) is 4.98 Å². The highest BCUT2D eigenvalue weighted by molar-refractivity contribution is 7.22. The number of carbonyl (C=O) groups is 1. The normalized spacial score (nSPS) is 10.9. The molecule has 4 aromatic rings. The fraction of sp³-hybridized carbons (Fsp3) is 0.208. The van der Waals surface area contributed by atoms with Gasteiger partial charge >= 0.3 is 0 Å². The number of para-hydroxylation sites is 1. The Morgan fingerprint density at radius 2 is 2.03 bits per heavy atom. The highest BCUT2D eigenvalue weighted by Crippen LogP contribution is 2.34. The Hall–Kier alpha value is -2.96. The number of aromatic nitrogens is 2. The Labute approximate surface area is 190 Å². The number of benzene rings is 2. The lowest BCUT2D eigenvalue weighted by atomic mass is 10.1. The average molecular weight is 452 g/mol. The lowest BCUT2D eigenvalue weighted by molar-refractivity contribution is 0.0984. The lowest BCUT2D eigenvalue weighted by Crippen LogP contribution is -2.30. The first-order valence-electron chi connectivity index (χ1n) is 10.1. The van der Waals surface area contributed by atoms with Gasteiger partial charge in [-0.1, -0.05) is 54.5 Å². The van der Waals surface area contributed by atoms with Gasteiger partial charge in [-0.2, -0.15) is 0 Å². The van der Waals surface area contributed by atoms with Gasteiger partial charge in [0, 0.05) is 18.0 Å². The van der Waals surface area contributed by atoms with Crippen LogP contribution < -0.4 is 9.64 Å². The van der Waals surface area contributed by atoms with Gasteiger partial charge in [0.05, 0.1) is 22.9 Å². The van der Waals surface area contributed by atoms with E-state index in [2.05, 4.69) is 16.9 Å². The Morgan fingerprint density at radius 1 is 1.16 bits per heavy atom. The van der Waals surface area contributed by atoms with E-state index in [-0.39, 0.29) is 5.91 Å². The molecule has 0 fully saturated rings. The molecule has 7 heteroatoms. The van der Waals surface area contributed by atoms with Gasteiger partial charge in [0.25, 0.3) is 5.91 Å². The van der Waals surface area contributed by atoms with Crippen molar-refractivity contribution in [2.75, 3.05) is 11.5 Å². The van der Waals surface area contributed by atoms with Crippen LogP contribution in [-0.4, -0.2) is 22.5 Å². The largest absolute Gasteiger partial charge is 0.494 e. The number of ether oxygens (including phenoxy) is 1. The molecule has 1 amide bonds. The van der Waals surface area contributed by atoms with E-state index in [1.165, 1.54) is 11.3 Å². The van der Waals surface area contributed by atoms with Crippen LogP contribution in [0.15, 0.2) is 67.0 Å². The van der Waals surface area contributed by atoms with E-state index < -0.39 is 0 Å². The van der Waals surface area contributed by atoms with Crippen molar-refractivity contribution in [1.82, 2.24) is 9.97 Å². The van der Waals surface area contributed by atoms with Crippen molar-refractivity contribution in [2.24, 2.45) is 0 Å². The second-order valence-electron chi connectivity index (χ2n) is 7.07. The van der Waals surface area contributed by atoms with Gasteiger partial charge in [0.15, 0.2) is 5.13 Å². The van der Waals surface area contributed by atoms with E-state index in [1.54, 1.807) is 35.5 Å². The molecule has 0 unspecified atom stereocenters. The third-order valence-electron chi connectivity index (χ3n) is 4.75. The summed E-state index contributed by atoms with van der Waals surface area (Å²) < 4.78 is 6.73. The maximum Gasteiger partial charge on any atom is 0.260 e. The number of nitrogens with zero attached hydrogens (tertiary/aromatic N) is 3. The van der Waals surface area contributed by atoms with Gasteiger partial charge in [0.1, 0.15) is 11.3 Å². The minimum absolute atomic E-state index is 0.153. The van der Waals surface area contributed by atoms with E-state index in [0.717, 1.165) is 23.1 Å². The Kier molecular flexibility index (Phi) is 6.79. The third-order valence-corrected chi connectivity index (χ3v) is 6.09. The number of unbranched alkanes of at least 4 members (excludes halogenated alkanes) is 1. The number of pyridine rings is 1. The zero-order valence-corrected chi connectivity index (χ0v) is 18.7. The zero-order valence-electron chi connectivity index (χ0n) is 17.1. The summed E-state index contributed by atoms with van der Waals surface area (Å²) in [6.07, 6.45) is 5.49. The fourth-order valence-electron chi connectivity index (χ4n) is 3.13. The van der Waals surface area contributed by atoms with Crippen molar-refractivity contribution < 1.29 is 9.53 Å². The second kappa shape index (κ2) is 9.90. The molecule has 2 aromatic heterocycles. The molecule has 2 aromatic carbocycles. The summed E-state index contributed by atoms with van der Waals surface area (Å²) in [5, 5.41) is 1.16. The molecule has 0 aliphatic carbocycles. The molecule has 0 saturated heterocycles. The number of carbonyl (C=O) groups excluding carboxylic acids is 1. The predicted octanol–water partition coefficient (Wildman–Crippen LogP) is 6.37. The van der Waals surface area contributed by atoms with Crippen molar-refractivity contribution in [3.05, 3.63) is 83.1 Å². The third kappa shape index (κ3) is 5.03. The number of halogens is 1. The highest BCUT2D eigenvalue weighted by Gasteiger charge is 2.23. The van der Waals surface area contributed by atoms with Gasteiger partial charge < -0.3 is 4.74 Å². The van der Waals surface area contributed by atoms with Gasteiger partial charge in [-0.05, 0) is 48.4 Å². The standard InChI is InChI=1S/C24H22ClN3O2S/c1-2-3-13-30-19-9-4-8-18(14-19)23(29)28(16-17-7-6-12-26-15-17)24-27-22-20(25)10-5-11-21(22)31-24/h4-12,14-15H,2-3,13,16H2,1H3. The fourth-order valence-corrected chi connectivity index (χ4v) is 4.39. The molecule has 0 bridgehead atoms. The molecule has 4 rings (SSSR count). The minimum atomic E-state index is -0.153. The predicted molar refractivity (Wildman–Crippen MR) is 126 cm³/mol. The van der Waals surface area contributed by atoms with E-state index in [9.17, 15) is 4.79 Å². The Bertz CT molecular complexity index is 1180. The maximum absolute atomic E-state index is 13.6. The molecule has 0 spiro atoms. The summed E-state index contributed by atoms with van der Waals surface area (Å²) in [4.78, 5) is 24.1. The molecule has 158 valence electrons. The van der Waals surface area contributed by atoms with Crippen molar-refractivity contribution >= 4 is 44.2 Å². The summed E-state index contributed by atoms with van der Waals surface area (Å²) in [7, 11) is 0. The average Bonchev–Trinajstić information content (AvgIpc) is 3.24. The number of thiazole rings is 1. The number of hydrogen-bond acceptors (Lipinski definition) is 5. The number of rotatable bonds is 8. The van der Waals surface area contributed by atoms with Crippen LogP contribution in [0, 0.1) is 0 Å². The molecule has 0 aliphatic heterocycles. The summed E-state index contributed by atoms with van der Waals surface area (Å²) in [6, 6.07) is 16.7. The van der Waals surface area contributed by atoms with Crippen LogP contribution in [0.3, 0.4) is 0 Å². The van der Waals surface area contributed by atoms with Crippen molar-refractivity contribution in [3.8, 4) is 5.75 Å². The molecular formula is C24H22ClN3O2S. The van der Waals surface area contributed by atoms with Crippen LogP contribution >= 0.6 is 22.9 Å². The first kappa shape index (κ1) is 21.3. The van der Waals surface area contributed by atoms with Gasteiger partial charge in [-0.15, -0.1) is 0 Å². The number of fused-ring (bicyclic) bond motifs is 1. The summed E-state index contributed by atoms with van der Waals surface area (Å²) in [5.41, 5.74) is 2.16. The quantitative estimate of drug-likeness (QED) is 0.292. The van der Waals surface area contributed by atoms with Crippen LogP contribution in [0.5, 0.6) is 5.75 Å². The number of hydrogen-bond donors (Lipinski definition) is 0. The smallest absolute Gasteiger partial charge is 0.260 e. The van der Waals surface area contributed by atoms with Gasteiger partial charge in [-0.3, -0.25) is 14.7 Å². The van der Waals surface area contributed by atoms with Crippen LogP contribution in [0.25, 0.3) is 10.2 Å². The molecular weight excluding hydrogens is 430 g/mol. The van der Waals surface area contributed by atoms with Crippen LogP contribution in [0.2, 0.25) is 5.02 Å². The van der Waals surface area contributed by atoms with Crippen molar-refractivity contribution in [1.29, 1.82) is 0 Å². The van der Waals surface area contributed by atoms with Crippen molar-refractivity contribution in [2.45, 2.75) is 26.3 Å². The lowest BCUT2D eigenvalue weighted by Gasteiger charge is -2.20. The van der Waals surface area contributed by atoms with Crippen LogP contribution in [0.1, 0.15) is 35.7 Å². The Balaban J connectivity index is 1.69. The molecule has 0 saturated carbocycles.